The molecule has 2 atom stereocenters. The molecule has 1 rings (SSSR count). The van der Waals surface area contributed by atoms with Crippen LogP contribution in [0.1, 0.15) is 74.3 Å². The average molecular weight is 568 g/mol. The van der Waals surface area contributed by atoms with Gasteiger partial charge in [-0.15, -0.1) is 0 Å². The lowest BCUT2D eigenvalue weighted by Gasteiger charge is -2.19. The Hall–Kier alpha value is -3.34. The van der Waals surface area contributed by atoms with Gasteiger partial charge in [0.15, 0.2) is 11.5 Å². The van der Waals surface area contributed by atoms with E-state index in [1.807, 2.05) is 55.4 Å². The van der Waals surface area contributed by atoms with Crippen molar-refractivity contribution >= 4 is 24.2 Å². The maximum atomic E-state index is 12.5. The summed E-state index contributed by atoms with van der Waals surface area (Å²) >= 11 is 0. The van der Waals surface area contributed by atoms with Gasteiger partial charge in [-0.05, 0) is 47.8 Å². The van der Waals surface area contributed by atoms with Gasteiger partial charge in [0.1, 0.15) is 18.8 Å². The molecular weight excluding hydrogens is 522 g/mol. The first-order valence-electron chi connectivity index (χ1n) is 13.3. The van der Waals surface area contributed by atoms with Crippen LogP contribution < -0.4 is 15.2 Å². The fourth-order valence-electron chi connectivity index (χ4n) is 2.89. The molecule has 2 N–H and O–H groups in total. The lowest BCUT2D eigenvalue weighted by atomic mass is 9.99. The Balaban J connectivity index is 2.92. The van der Waals surface area contributed by atoms with E-state index in [1.165, 1.54) is 12.1 Å². The lowest BCUT2D eigenvalue weighted by molar-refractivity contribution is -0.159. The summed E-state index contributed by atoms with van der Waals surface area (Å²) in [5.41, 5.74) is 5.96. The summed E-state index contributed by atoms with van der Waals surface area (Å²) in [6.07, 6.45) is -2.38. The Kier molecular flexibility index (Phi) is 13.4. The molecule has 0 aliphatic carbocycles. The third-order valence-corrected chi connectivity index (χ3v) is 4.77. The van der Waals surface area contributed by atoms with E-state index in [9.17, 15) is 19.2 Å². The fraction of sp³-hybridized carbons (Fsp3) is 0.655. The Morgan fingerprint density at radius 3 is 1.82 bits per heavy atom. The first-order chi connectivity index (χ1) is 18.3. The topological polar surface area (TPSA) is 150 Å². The third kappa shape index (κ3) is 15.3. The average Bonchev–Trinajstić information content (AvgIpc) is 2.80. The van der Waals surface area contributed by atoms with Crippen molar-refractivity contribution < 1.29 is 47.6 Å². The van der Waals surface area contributed by atoms with Gasteiger partial charge in [-0.2, -0.15) is 0 Å². The maximum absolute atomic E-state index is 12.5. The summed E-state index contributed by atoms with van der Waals surface area (Å²) in [7, 11) is 0. The number of hydrogen-bond donors (Lipinski definition) is 1. The smallest absolute Gasteiger partial charge is 0.462 e. The molecule has 0 radical (unpaired) electrons. The van der Waals surface area contributed by atoms with Crippen molar-refractivity contribution in [3.63, 3.8) is 0 Å². The molecule has 0 aromatic heterocycles. The summed E-state index contributed by atoms with van der Waals surface area (Å²) < 4.78 is 31.3. The van der Waals surface area contributed by atoms with Crippen LogP contribution in [0.3, 0.4) is 0 Å². The summed E-state index contributed by atoms with van der Waals surface area (Å²) in [6.45, 7) is 16.8. The maximum Gasteiger partial charge on any atom is 0.513 e. The second kappa shape index (κ2) is 15.4. The van der Waals surface area contributed by atoms with Gasteiger partial charge in [0, 0.05) is 6.42 Å². The van der Waals surface area contributed by atoms with E-state index in [-0.39, 0.29) is 66.9 Å². The zero-order valence-electron chi connectivity index (χ0n) is 25.2. The van der Waals surface area contributed by atoms with E-state index in [0.717, 1.165) is 0 Å². The predicted molar refractivity (Wildman–Crippen MR) is 147 cm³/mol. The number of nitrogens with two attached hydrogens (primary N) is 1. The van der Waals surface area contributed by atoms with Crippen molar-refractivity contribution in [1.29, 1.82) is 0 Å². The van der Waals surface area contributed by atoms with Gasteiger partial charge in [0.05, 0.1) is 13.2 Å². The van der Waals surface area contributed by atoms with E-state index < -0.39 is 30.4 Å². The molecule has 11 heteroatoms. The van der Waals surface area contributed by atoms with E-state index in [4.69, 9.17) is 34.2 Å². The molecule has 0 amide bonds. The number of rotatable bonds is 12. The minimum atomic E-state index is -1.07. The molecule has 226 valence electrons. The van der Waals surface area contributed by atoms with E-state index in [0.29, 0.717) is 5.56 Å². The number of esters is 2. The standard InChI is InChI=1S/C29H45NO10/c1-18(2)12-24(31)35-15-19(3)38-25(32)21(30)13-20-10-11-22(39-26(33)36-16-28(4,5)6)23(14-20)40-27(34)37-17-29(7,8)9/h10-11,14,18-19,21H,12-13,15-17,30H2,1-9H3/t19-,21-/m0/s1. The molecular formula is C29H45NO10. The van der Waals surface area contributed by atoms with Gasteiger partial charge in [-0.1, -0.05) is 61.5 Å². The zero-order valence-corrected chi connectivity index (χ0v) is 25.2. The van der Waals surface area contributed by atoms with Gasteiger partial charge in [-0.25, -0.2) is 9.59 Å². The number of ether oxygens (including phenoxy) is 6. The van der Waals surface area contributed by atoms with Crippen molar-refractivity contribution in [1.82, 2.24) is 0 Å². The molecule has 0 saturated carbocycles. The SMILES string of the molecule is CC(C)CC(=O)OC[C@H](C)OC(=O)[C@@H](N)Cc1ccc(OC(=O)OCC(C)(C)C)c(OC(=O)OCC(C)(C)C)c1. The molecule has 1 aromatic carbocycles. The quantitative estimate of drug-likeness (QED) is 0.202. The second-order valence-electron chi connectivity index (χ2n) is 12.5. The zero-order chi connectivity index (χ0) is 30.7. The van der Waals surface area contributed by atoms with Crippen molar-refractivity contribution in [2.75, 3.05) is 19.8 Å². The highest BCUT2D eigenvalue weighted by Crippen LogP contribution is 2.30. The lowest BCUT2D eigenvalue weighted by Crippen LogP contribution is -2.37. The van der Waals surface area contributed by atoms with Gasteiger partial charge in [0.2, 0.25) is 0 Å². The van der Waals surface area contributed by atoms with Gasteiger partial charge >= 0.3 is 24.2 Å². The van der Waals surface area contributed by atoms with Gasteiger partial charge in [-0.3, -0.25) is 9.59 Å². The van der Waals surface area contributed by atoms with Crippen molar-refractivity contribution in [2.24, 2.45) is 22.5 Å². The summed E-state index contributed by atoms with van der Waals surface area (Å²) in [6, 6.07) is 3.30. The molecule has 0 bridgehead atoms. The Labute approximate surface area is 236 Å². The normalized spacial score (nSPS) is 13.2. The van der Waals surface area contributed by atoms with E-state index in [2.05, 4.69) is 0 Å². The molecule has 0 unspecified atom stereocenters. The first-order valence-corrected chi connectivity index (χ1v) is 13.3. The Morgan fingerprint density at radius 1 is 0.800 bits per heavy atom. The van der Waals surface area contributed by atoms with Crippen molar-refractivity contribution in [3.05, 3.63) is 23.8 Å². The minimum absolute atomic E-state index is 0.0147. The highest BCUT2D eigenvalue weighted by Gasteiger charge is 2.23. The van der Waals surface area contributed by atoms with E-state index in [1.54, 1.807) is 13.0 Å². The molecule has 1 aromatic rings. The fourth-order valence-corrected chi connectivity index (χ4v) is 2.89. The molecule has 0 aliphatic rings. The monoisotopic (exact) mass is 567 g/mol. The largest absolute Gasteiger partial charge is 0.513 e. The van der Waals surface area contributed by atoms with Gasteiger partial charge < -0.3 is 34.2 Å². The number of benzene rings is 1. The minimum Gasteiger partial charge on any atom is -0.462 e. The van der Waals surface area contributed by atoms with Crippen molar-refractivity contribution in [3.8, 4) is 11.5 Å². The van der Waals surface area contributed by atoms with Crippen LogP contribution in [-0.4, -0.2) is 56.2 Å². The molecule has 0 heterocycles. The van der Waals surface area contributed by atoms with Crippen LogP contribution in [0.4, 0.5) is 9.59 Å². The molecule has 0 saturated heterocycles. The number of carbonyl (C=O) groups is 4. The van der Waals surface area contributed by atoms with Crippen LogP contribution >= 0.6 is 0 Å². The molecule has 11 nitrogen and oxygen atoms in total. The van der Waals surface area contributed by atoms with Gasteiger partial charge in [0.25, 0.3) is 0 Å². The first kappa shape index (κ1) is 34.7. The third-order valence-electron chi connectivity index (χ3n) is 4.77. The second-order valence-corrected chi connectivity index (χ2v) is 12.5. The molecule has 0 aliphatic heterocycles. The highest BCUT2D eigenvalue weighted by atomic mass is 16.7. The van der Waals surface area contributed by atoms with Crippen molar-refractivity contribution in [2.45, 2.75) is 87.3 Å². The van der Waals surface area contributed by atoms with Crippen LogP contribution in [0, 0.1) is 16.7 Å². The summed E-state index contributed by atoms with van der Waals surface area (Å²) in [5, 5.41) is 0. The summed E-state index contributed by atoms with van der Waals surface area (Å²) in [4.78, 5) is 48.8. The summed E-state index contributed by atoms with van der Waals surface area (Å²) in [5.74, 6) is -1.12. The molecule has 40 heavy (non-hydrogen) atoms. The van der Waals surface area contributed by atoms with Crippen LogP contribution in [-0.2, 0) is 35.0 Å². The van der Waals surface area contributed by atoms with E-state index >= 15 is 0 Å². The number of carbonyl (C=O) groups excluding carboxylic acids is 4. The number of hydrogen-bond acceptors (Lipinski definition) is 11. The van der Waals surface area contributed by atoms with Crippen LogP contribution in [0.5, 0.6) is 11.5 Å². The Morgan fingerprint density at radius 2 is 1.32 bits per heavy atom. The Bertz CT molecular complexity index is 1010. The predicted octanol–water partition coefficient (Wildman–Crippen LogP) is 5.20. The molecule has 0 spiro atoms. The molecule has 0 fully saturated rings. The van der Waals surface area contributed by atoms with Crippen LogP contribution in [0.2, 0.25) is 0 Å². The van der Waals surface area contributed by atoms with Crippen LogP contribution in [0.15, 0.2) is 18.2 Å². The van der Waals surface area contributed by atoms with Crippen LogP contribution in [0.25, 0.3) is 0 Å². The highest BCUT2D eigenvalue weighted by molar-refractivity contribution is 5.76.